The fourth-order valence-electron chi connectivity index (χ4n) is 1.58. The lowest BCUT2D eigenvalue weighted by atomic mass is 10.2. The lowest BCUT2D eigenvalue weighted by Gasteiger charge is -2.11. The Morgan fingerprint density at radius 1 is 0.810 bits per heavy atom. The van der Waals surface area contributed by atoms with E-state index in [9.17, 15) is 0 Å². The number of nitrogens with zero attached hydrogens (tertiary/aromatic N) is 4. The first-order valence-corrected chi connectivity index (χ1v) is 11.4. The molecule has 4 nitrogen and oxygen atoms in total. The quantitative estimate of drug-likeness (QED) is 0.395. The number of aromatic nitrogens is 4. The van der Waals surface area contributed by atoms with Crippen molar-refractivity contribution in [1.82, 2.24) is 19.9 Å². The van der Waals surface area contributed by atoms with Gasteiger partial charge in [-0.3, -0.25) is 0 Å². The van der Waals surface area contributed by atoms with Gasteiger partial charge in [-0.15, -0.1) is 23.5 Å². The van der Waals surface area contributed by atoms with E-state index in [-0.39, 0.29) is 0 Å². The zero-order chi connectivity index (χ0) is 15.4. The van der Waals surface area contributed by atoms with Crippen molar-refractivity contribution in [3.8, 4) is 11.3 Å². The van der Waals surface area contributed by atoms with Crippen LogP contribution in [0.3, 0.4) is 0 Å². The molecular weight excluding hydrogens is 408 g/mol. The predicted octanol–water partition coefficient (Wildman–Crippen LogP) is 4.58. The predicted molar refractivity (Wildman–Crippen MR) is 97.9 cm³/mol. The Kier molecular flexibility index (Phi) is 6.67. The van der Waals surface area contributed by atoms with Crippen LogP contribution in [0.15, 0.2) is 31.0 Å². The third-order valence-corrected chi connectivity index (χ3v) is 6.04. The lowest BCUT2D eigenvalue weighted by molar-refractivity contribution is 0.863. The molecule has 0 aromatic carbocycles. The van der Waals surface area contributed by atoms with E-state index in [0.717, 1.165) is 36.1 Å². The van der Waals surface area contributed by atoms with E-state index in [4.69, 9.17) is 0 Å². The topological polar surface area (TPSA) is 51.6 Å². The van der Waals surface area contributed by atoms with Crippen LogP contribution in [0.1, 0.15) is 0 Å². The SMILES string of the molecule is CSc1ncc(-c2nc(SC)nc(SC)c2Br)c(SC)n1. The molecule has 0 fully saturated rings. The second-order valence-electron chi connectivity index (χ2n) is 3.66. The molecule has 0 atom stereocenters. The van der Waals surface area contributed by atoms with Crippen LogP contribution in [-0.4, -0.2) is 45.0 Å². The van der Waals surface area contributed by atoms with Crippen molar-refractivity contribution in [2.45, 2.75) is 20.4 Å². The molecule has 0 amide bonds. The Labute approximate surface area is 149 Å². The maximum Gasteiger partial charge on any atom is 0.188 e. The fraction of sp³-hybridized carbons (Fsp3) is 0.333. The van der Waals surface area contributed by atoms with Crippen molar-refractivity contribution < 1.29 is 0 Å². The maximum atomic E-state index is 4.63. The molecule has 0 radical (unpaired) electrons. The van der Waals surface area contributed by atoms with Crippen LogP contribution < -0.4 is 0 Å². The molecule has 0 bridgehead atoms. The Balaban J connectivity index is 2.65. The average molecular weight is 421 g/mol. The molecule has 112 valence electrons. The Morgan fingerprint density at radius 3 is 2.00 bits per heavy atom. The van der Waals surface area contributed by atoms with Gasteiger partial charge in [-0.2, -0.15) is 0 Å². The molecule has 2 aromatic rings. The van der Waals surface area contributed by atoms with Crippen LogP contribution in [0.2, 0.25) is 0 Å². The van der Waals surface area contributed by atoms with Crippen LogP contribution in [0.4, 0.5) is 0 Å². The van der Waals surface area contributed by atoms with Crippen molar-refractivity contribution in [3.05, 3.63) is 10.7 Å². The first-order valence-electron chi connectivity index (χ1n) is 5.75. The molecule has 0 unspecified atom stereocenters. The number of thioether (sulfide) groups is 4. The van der Waals surface area contributed by atoms with Crippen molar-refractivity contribution >= 4 is 63.0 Å². The van der Waals surface area contributed by atoms with Gasteiger partial charge in [0.05, 0.1) is 15.7 Å². The summed E-state index contributed by atoms with van der Waals surface area (Å²) < 4.78 is 0.892. The average Bonchev–Trinajstić information content (AvgIpc) is 2.54. The summed E-state index contributed by atoms with van der Waals surface area (Å²) in [6, 6.07) is 0. The summed E-state index contributed by atoms with van der Waals surface area (Å²) in [6.07, 6.45) is 9.79. The number of hydrogen-bond donors (Lipinski definition) is 0. The van der Waals surface area contributed by atoms with E-state index in [0.29, 0.717) is 0 Å². The van der Waals surface area contributed by atoms with Crippen molar-refractivity contribution in [3.63, 3.8) is 0 Å². The third-order valence-electron chi connectivity index (χ3n) is 2.54. The minimum Gasteiger partial charge on any atom is -0.230 e. The Bertz CT molecular complexity index is 653. The highest BCUT2D eigenvalue weighted by Gasteiger charge is 2.17. The normalized spacial score (nSPS) is 10.9. The highest BCUT2D eigenvalue weighted by atomic mass is 79.9. The van der Waals surface area contributed by atoms with Gasteiger partial charge in [0.1, 0.15) is 10.1 Å². The van der Waals surface area contributed by atoms with Gasteiger partial charge in [-0.05, 0) is 41.0 Å². The molecule has 0 aliphatic heterocycles. The summed E-state index contributed by atoms with van der Waals surface area (Å²) in [5.74, 6) is 0. The molecule has 2 heterocycles. The third kappa shape index (κ3) is 3.87. The van der Waals surface area contributed by atoms with E-state index < -0.39 is 0 Å². The highest BCUT2D eigenvalue weighted by Crippen LogP contribution is 2.37. The largest absolute Gasteiger partial charge is 0.230 e. The lowest BCUT2D eigenvalue weighted by Crippen LogP contribution is -1.99. The van der Waals surface area contributed by atoms with Crippen molar-refractivity contribution in [2.75, 3.05) is 25.0 Å². The van der Waals surface area contributed by atoms with E-state index in [2.05, 4.69) is 35.9 Å². The first-order chi connectivity index (χ1) is 10.1. The van der Waals surface area contributed by atoms with Gasteiger partial charge >= 0.3 is 0 Å². The van der Waals surface area contributed by atoms with E-state index >= 15 is 0 Å². The monoisotopic (exact) mass is 420 g/mol. The van der Waals surface area contributed by atoms with Gasteiger partial charge in [-0.1, -0.05) is 23.5 Å². The number of hydrogen-bond acceptors (Lipinski definition) is 8. The second kappa shape index (κ2) is 8.05. The molecule has 9 heteroatoms. The van der Waals surface area contributed by atoms with Crippen LogP contribution >= 0.6 is 63.0 Å². The molecular formula is C12H13BrN4S4. The van der Waals surface area contributed by atoms with Crippen LogP contribution in [-0.2, 0) is 0 Å². The first kappa shape index (κ1) is 17.4. The molecule has 2 aromatic heterocycles. The van der Waals surface area contributed by atoms with E-state index in [1.54, 1.807) is 23.5 Å². The van der Waals surface area contributed by atoms with Gasteiger partial charge in [0.15, 0.2) is 10.3 Å². The summed E-state index contributed by atoms with van der Waals surface area (Å²) in [6.45, 7) is 0. The van der Waals surface area contributed by atoms with Gasteiger partial charge in [-0.25, -0.2) is 19.9 Å². The van der Waals surface area contributed by atoms with Crippen LogP contribution in [0.5, 0.6) is 0 Å². The second-order valence-corrected chi connectivity index (χ2v) is 7.59. The molecule has 0 N–H and O–H groups in total. The van der Waals surface area contributed by atoms with Gasteiger partial charge < -0.3 is 0 Å². The molecule has 0 saturated heterocycles. The molecule has 0 saturated carbocycles. The minimum atomic E-state index is 0.749. The number of rotatable bonds is 5. The zero-order valence-corrected chi connectivity index (χ0v) is 16.7. The summed E-state index contributed by atoms with van der Waals surface area (Å²) in [7, 11) is 0. The molecule has 0 aliphatic carbocycles. The van der Waals surface area contributed by atoms with Crippen molar-refractivity contribution in [2.24, 2.45) is 0 Å². The zero-order valence-electron chi connectivity index (χ0n) is 11.9. The summed E-state index contributed by atoms with van der Waals surface area (Å²) in [5.41, 5.74) is 1.77. The maximum absolute atomic E-state index is 4.63. The summed E-state index contributed by atoms with van der Waals surface area (Å²) in [4.78, 5) is 18.1. The fourth-order valence-corrected chi connectivity index (χ4v) is 4.28. The highest BCUT2D eigenvalue weighted by molar-refractivity contribution is 9.10. The molecule has 0 spiro atoms. The molecule has 2 rings (SSSR count). The van der Waals surface area contributed by atoms with Gasteiger partial charge in [0.2, 0.25) is 0 Å². The minimum absolute atomic E-state index is 0.749. The van der Waals surface area contributed by atoms with Crippen LogP contribution in [0, 0.1) is 0 Å². The van der Waals surface area contributed by atoms with E-state index in [1.165, 1.54) is 23.5 Å². The standard InChI is InChI=1S/C12H13BrN4S4/c1-18-9-6(5-14-11(16-9)20-3)8-7(13)10(19-2)17-12(15-8)21-4/h5H,1-4H3. The molecule has 21 heavy (non-hydrogen) atoms. The van der Waals surface area contributed by atoms with Gasteiger partial charge in [0, 0.05) is 6.20 Å². The van der Waals surface area contributed by atoms with Gasteiger partial charge in [0.25, 0.3) is 0 Å². The number of halogens is 1. The van der Waals surface area contributed by atoms with Crippen molar-refractivity contribution in [1.29, 1.82) is 0 Å². The smallest absolute Gasteiger partial charge is 0.188 e. The Morgan fingerprint density at radius 2 is 1.43 bits per heavy atom. The summed E-state index contributed by atoms with van der Waals surface area (Å²) in [5, 5.41) is 3.36. The molecule has 0 aliphatic rings. The van der Waals surface area contributed by atoms with Crippen LogP contribution in [0.25, 0.3) is 11.3 Å². The Hall–Kier alpha value is 0.0400. The summed E-state index contributed by atoms with van der Waals surface area (Å²) >= 11 is 9.87. The van der Waals surface area contributed by atoms with E-state index in [1.807, 2.05) is 31.2 Å².